The lowest BCUT2D eigenvalue weighted by molar-refractivity contribution is -0.128. The number of carbonyl (C=O) groups is 2. The lowest BCUT2D eigenvalue weighted by Gasteiger charge is -2.17. The first-order valence-corrected chi connectivity index (χ1v) is 9.31. The Morgan fingerprint density at radius 1 is 1.00 bits per heavy atom. The quantitative estimate of drug-likeness (QED) is 0.311. The fourth-order valence-electron chi connectivity index (χ4n) is 2.77. The minimum atomic E-state index is -0.0713. The van der Waals surface area contributed by atoms with Crippen LogP contribution in [0, 0.1) is 0 Å². The van der Waals surface area contributed by atoms with Gasteiger partial charge < -0.3 is 20.9 Å². The van der Waals surface area contributed by atoms with Crippen molar-refractivity contribution < 1.29 is 9.59 Å². The molecular formula is C19H30IN5O2. The molecule has 27 heavy (non-hydrogen) atoms. The zero-order valence-corrected chi connectivity index (χ0v) is 18.4. The van der Waals surface area contributed by atoms with E-state index in [4.69, 9.17) is 0 Å². The van der Waals surface area contributed by atoms with Crippen LogP contribution in [0.1, 0.15) is 42.6 Å². The second kappa shape index (κ2) is 12.5. The maximum atomic E-state index is 12.1. The number of hydrogen-bond donors (Lipinski definition) is 3. The number of aliphatic imine (C=N–C) groups is 1. The van der Waals surface area contributed by atoms with E-state index in [9.17, 15) is 9.59 Å². The second-order valence-electron chi connectivity index (χ2n) is 6.19. The van der Waals surface area contributed by atoms with E-state index in [2.05, 4.69) is 20.9 Å². The van der Waals surface area contributed by atoms with Gasteiger partial charge in [0.1, 0.15) is 0 Å². The first kappa shape index (κ1) is 23.2. The van der Waals surface area contributed by atoms with E-state index in [0.717, 1.165) is 38.0 Å². The molecule has 0 saturated carbocycles. The number of carbonyl (C=O) groups excluding carboxylic acids is 2. The maximum absolute atomic E-state index is 12.1. The van der Waals surface area contributed by atoms with Crippen LogP contribution in [0.2, 0.25) is 0 Å². The van der Waals surface area contributed by atoms with Gasteiger partial charge >= 0.3 is 0 Å². The number of hydrogen-bond acceptors (Lipinski definition) is 3. The summed E-state index contributed by atoms with van der Waals surface area (Å²) in [5.41, 5.74) is 1.64. The number of likely N-dealkylation sites (tertiary alicyclic amines) is 1. The lowest BCUT2D eigenvalue weighted by atomic mass is 10.1. The number of amides is 2. The van der Waals surface area contributed by atoms with Crippen LogP contribution in [0.5, 0.6) is 0 Å². The molecule has 3 N–H and O–H groups in total. The Balaban J connectivity index is 0.00000364. The average molecular weight is 487 g/mol. The molecule has 0 spiro atoms. The Labute approximate surface area is 178 Å². The Morgan fingerprint density at radius 2 is 1.63 bits per heavy atom. The highest BCUT2D eigenvalue weighted by Crippen LogP contribution is 2.07. The normalized spacial score (nSPS) is 13.7. The molecule has 2 rings (SSSR count). The third-order valence-electron chi connectivity index (χ3n) is 4.18. The average Bonchev–Trinajstić information content (AvgIpc) is 3.19. The van der Waals surface area contributed by atoms with E-state index in [-0.39, 0.29) is 42.3 Å². The van der Waals surface area contributed by atoms with Crippen LogP contribution in [-0.4, -0.2) is 55.4 Å². The van der Waals surface area contributed by atoms with Crippen LogP contribution < -0.4 is 16.0 Å². The van der Waals surface area contributed by atoms with Crippen molar-refractivity contribution in [2.24, 2.45) is 4.99 Å². The minimum Gasteiger partial charge on any atom is -0.357 e. The molecule has 0 aromatic heterocycles. The van der Waals surface area contributed by atoms with Crippen LogP contribution in [0.3, 0.4) is 0 Å². The van der Waals surface area contributed by atoms with E-state index in [1.54, 1.807) is 12.1 Å². The standard InChI is InChI=1S/C19H29N5O2.HI/c1-3-20-18(26)16-9-7-15(8-10-16)13-22-19(21-4-2)23-14-17(25)24-11-5-6-12-24;/h7-10H,3-6,11-14H2,1-2H3,(H,20,26)(H2,21,22,23);1H. The fraction of sp³-hybridized carbons (Fsp3) is 0.526. The van der Waals surface area contributed by atoms with Gasteiger partial charge in [0.25, 0.3) is 5.91 Å². The Morgan fingerprint density at radius 3 is 2.22 bits per heavy atom. The largest absolute Gasteiger partial charge is 0.357 e. The molecule has 8 heteroatoms. The summed E-state index contributed by atoms with van der Waals surface area (Å²) in [4.78, 5) is 30.3. The SMILES string of the molecule is CCNC(=O)c1ccc(CN=C(NCC)NCC(=O)N2CCCC2)cc1.I. The van der Waals surface area contributed by atoms with Crippen LogP contribution in [0.25, 0.3) is 0 Å². The number of nitrogens with one attached hydrogen (secondary N) is 3. The molecule has 7 nitrogen and oxygen atoms in total. The van der Waals surface area contributed by atoms with Gasteiger partial charge in [0.05, 0.1) is 13.1 Å². The molecule has 0 atom stereocenters. The number of benzene rings is 1. The molecule has 1 saturated heterocycles. The van der Waals surface area contributed by atoms with Gasteiger partial charge in [-0.05, 0) is 44.4 Å². The van der Waals surface area contributed by atoms with Crippen LogP contribution in [-0.2, 0) is 11.3 Å². The van der Waals surface area contributed by atoms with Crippen molar-refractivity contribution in [3.8, 4) is 0 Å². The number of rotatable bonds is 7. The second-order valence-corrected chi connectivity index (χ2v) is 6.19. The number of halogens is 1. The summed E-state index contributed by atoms with van der Waals surface area (Å²) in [5.74, 6) is 0.658. The summed E-state index contributed by atoms with van der Waals surface area (Å²) in [7, 11) is 0. The highest BCUT2D eigenvalue weighted by molar-refractivity contribution is 14.0. The monoisotopic (exact) mass is 487 g/mol. The summed E-state index contributed by atoms with van der Waals surface area (Å²) >= 11 is 0. The Kier molecular flexibility index (Phi) is 10.8. The summed E-state index contributed by atoms with van der Waals surface area (Å²) < 4.78 is 0. The lowest BCUT2D eigenvalue weighted by Crippen LogP contribution is -2.44. The number of guanidine groups is 1. The van der Waals surface area contributed by atoms with Gasteiger partial charge in [-0.3, -0.25) is 9.59 Å². The predicted molar refractivity (Wildman–Crippen MR) is 118 cm³/mol. The van der Waals surface area contributed by atoms with Gasteiger partial charge in [0.2, 0.25) is 5.91 Å². The topological polar surface area (TPSA) is 85.8 Å². The minimum absolute atomic E-state index is 0. The van der Waals surface area contributed by atoms with Crippen molar-refractivity contribution in [2.45, 2.75) is 33.2 Å². The van der Waals surface area contributed by atoms with Gasteiger partial charge in [-0.1, -0.05) is 12.1 Å². The van der Waals surface area contributed by atoms with E-state index in [1.807, 2.05) is 30.9 Å². The molecule has 0 aliphatic carbocycles. The summed E-state index contributed by atoms with van der Waals surface area (Å²) in [6.45, 7) is 7.65. The summed E-state index contributed by atoms with van der Waals surface area (Å²) in [6, 6.07) is 7.39. The van der Waals surface area contributed by atoms with Crippen molar-refractivity contribution in [3.63, 3.8) is 0 Å². The van der Waals surface area contributed by atoms with Gasteiger partial charge in [-0.25, -0.2) is 4.99 Å². The van der Waals surface area contributed by atoms with E-state index in [0.29, 0.717) is 24.6 Å². The maximum Gasteiger partial charge on any atom is 0.251 e. The third kappa shape index (κ3) is 7.74. The van der Waals surface area contributed by atoms with Crippen molar-refractivity contribution in [3.05, 3.63) is 35.4 Å². The smallest absolute Gasteiger partial charge is 0.251 e. The molecule has 1 aromatic rings. The summed E-state index contributed by atoms with van der Waals surface area (Å²) in [5, 5.41) is 9.02. The Bertz CT molecular complexity index is 627. The summed E-state index contributed by atoms with van der Waals surface area (Å²) in [6.07, 6.45) is 2.18. The molecule has 0 unspecified atom stereocenters. The molecule has 2 amide bonds. The van der Waals surface area contributed by atoms with Crippen molar-refractivity contribution in [1.29, 1.82) is 0 Å². The van der Waals surface area contributed by atoms with Crippen molar-refractivity contribution in [1.82, 2.24) is 20.9 Å². The molecule has 1 heterocycles. The highest BCUT2D eigenvalue weighted by Gasteiger charge is 2.17. The third-order valence-corrected chi connectivity index (χ3v) is 4.18. The van der Waals surface area contributed by atoms with Crippen LogP contribution >= 0.6 is 24.0 Å². The van der Waals surface area contributed by atoms with Gasteiger partial charge in [0, 0.05) is 31.7 Å². The van der Waals surface area contributed by atoms with E-state index >= 15 is 0 Å². The molecule has 1 fully saturated rings. The first-order chi connectivity index (χ1) is 12.6. The highest BCUT2D eigenvalue weighted by atomic mass is 127. The fourth-order valence-corrected chi connectivity index (χ4v) is 2.77. The first-order valence-electron chi connectivity index (χ1n) is 9.31. The van der Waals surface area contributed by atoms with Gasteiger partial charge in [0.15, 0.2) is 5.96 Å². The molecule has 1 aliphatic heterocycles. The number of nitrogens with zero attached hydrogens (tertiary/aromatic N) is 2. The van der Waals surface area contributed by atoms with Gasteiger partial charge in [-0.15, -0.1) is 24.0 Å². The van der Waals surface area contributed by atoms with Crippen LogP contribution in [0.15, 0.2) is 29.3 Å². The molecule has 1 aromatic carbocycles. The Hall–Kier alpha value is -1.84. The predicted octanol–water partition coefficient (Wildman–Crippen LogP) is 1.73. The van der Waals surface area contributed by atoms with E-state index in [1.165, 1.54) is 0 Å². The van der Waals surface area contributed by atoms with Crippen molar-refractivity contribution >= 4 is 41.8 Å². The molecular weight excluding hydrogens is 457 g/mol. The van der Waals surface area contributed by atoms with Crippen molar-refractivity contribution in [2.75, 3.05) is 32.7 Å². The molecule has 1 aliphatic rings. The molecule has 150 valence electrons. The molecule has 0 radical (unpaired) electrons. The van der Waals surface area contributed by atoms with Crippen LogP contribution in [0.4, 0.5) is 0 Å². The zero-order chi connectivity index (χ0) is 18.8. The zero-order valence-electron chi connectivity index (χ0n) is 16.1. The van der Waals surface area contributed by atoms with E-state index < -0.39 is 0 Å². The molecule has 0 bridgehead atoms. The van der Waals surface area contributed by atoms with Gasteiger partial charge in [-0.2, -0.15) is 0 Å².